The van der Waals surface area contributed by atoms with E-state index in [1.165, 1.54) is 11.8 Å². The van der Waals surface area contributed by atoms with Crippen molar-refractivity contribution in [2.75, 3.05) is 18.9 Å². The van der Waals surface area contributed by atoms with Crippen molar-refractivity contribution in [3.8, 4) is 5.69 Å². The molecular formula is C16H20N4O2. The highest BCUT2D eigenvalue weighted by Gasteiger charge is 2.09. The number of anilines is 1. The maximum atomic E-state index is 11.8. The van der Waals surface area contributed by atoms with Crippen LogP contribution in [0.25, 0.3) is 5.69 Å². The van der Waals surface area contributed by atoms with Gasteiger partial charge in [-0.15, -0.1) is 0 Å². The fraction of sp³-hybridized carbons (Fsp3) is 0.312. The van der Waals surface area contributed by atoms with Crippen molar-refractivity contribution in [2.45, 2.75) is 20.8 Å². The summed E-state index contributed by atoms with van der Waals surface area (Å²) in [6.07, 6.45) is 1.78. The van der Waals surface area contributed by atoms with Crippen LogP contribution in [0.4, 0.5) is 5.69 Å². The summed E-state index contributed by atoms with van der Waals surface area (Å²) in [6, 6.07) is 7.49. The molecule has 6 nitrogen and oxygen atoms in total. The minimum Gasteiger partial charge on any atom is -0.337 e. The summed E-state index contributed by atoms with van der Waals surface area (Å²) in [6.45, 7) is 5.44. The van der Waals surface area contributed by atoms with E-state index in [1.807, 2.05) is 42.7 Å². The third-order valence-electron chi connectivity index (χ3n) is 3.60. The second kappa shape index (κ2) is 6.43. The highest BCUT2D eigenvalue weighted by molar-refractivity contribution is 5.94. The van der Waals surface area contributed by atoms with Gasteiger partial charge in [-0.2, -0.15) is 0 Å². The Morgan fingerprint density at radius 1 is 1.23 bits per heavy atom. The van der Waals surface area contributed by atoms with E-state index in [1.54, 1.807) is 13.4 Å². The largest absolute Gasteiger partial charge is 0.337 e. The Kier molecular flexibility index (Phi) is 4.60. The van der Waals surface area contributed by atoms with Crippen LogP contribution >= 0.6 is 0 Å². The fourth-order valence-electron chi connectivity index (χ4n) is 1.99. The molecule has 0 aliphatic rings. The summed E-state index contributed by atoms with van der Waals surface area (Å²) < 4.78 is 1.99. The summed E-state index contributed by atoms with van der Waals surface area (Å²) in [5, 5.41) is 2.77. The second-order valence-electron chi connectivity index (χ2n) is 5.26. The van der Waals surface area contributed by atoms with Gasteiger partial charge in [-0.25, -0.2) is 4.98 Å². The summed E-state index contributed by atoms with van der Waals surface area (Å²) in [4.78, 5) is 28.6. The lowest BCUT2D eigenvalue weighted by Crippen LogP contribution is -2.33. The van der Waals surface area contributed by atoms with Crippen LogP contribution in [0.15, 0.2) is 30.6 Å². The van der Waals surface area contributed by atoms with E-state index in [9.17, 15) is 9.59 Å². The number of aryl methyl sites for hydroxylation is 1. The molecule has 0 fully saturated rings. The van der Waals surface area contributed by atoms with Gasteiger partial charge in [0.05, 0.1) is 18.6 Å². The number of hydrogen-bond donors (Lipinski definition) is 1. The van der Waals surface area contributed by atoms with Gasteiger partial charge in [-0.05, 0) is 38.1 Å². The smallest absolute Gasteiger partial charge is 0.243 e. The first kappa shape index (κ1) is 15.8. The van der Waals surface area contributed by atoms with Crippen molar-refractivity contribution in [2.24, 2.45) is 0 Å². The standard InChI is InChI=1S/C16H20N4O2/c1-11-12(2)20(10-17-11)15-7-5-14(6-8-15)18-16(22)9-19(4)13(3)21/h5-8,10H,9H2,1-4H3,(H,18,22). The Morgan fingerprint density at radius 2 is 1.86 bits per heavy atom. The summed E-state index contributed by atoms with van der Waals surface area (Å²) in [7, 11) is 1.59. The third-order valence-corrected chi connectivity index (χ3v) is 3.60. The Bertz CT molecular complexity index is 689. The highest BCUT2D eigenvalue weighted by atomic mass is 16.2. The number of carbonyl (C=O) groups excluding carboxylic acids is 2. The fourth-order valence-corrected chi connectivity index (χ4v) is 1.99. The van der Waals surface area contributed by atoms with Crippen LogP contribution in [0, 0.1) is 13.8 Å². The topological polar surface area (TPSA) is 67.2 Å². The van der Waals surface area contributed by atoms with E-state index < -0.39 is 0 Å². The molecule has 2 aromatic rings. The lowest BCUT2D eigenvalue weighted by Gasteiger charge is -2.14. The number of imidazole rings is 1. The van der Waals surface area contributed by atoms with Crippen molar-refractivity contribution in [1.29, 1.82) is 0 Å². The van der Waals surface area contributed by atoms with Crippen molar-refractivity contribution in [1.82, 2.24) is 14.5 Å². The molecule has 6 heteroatoms. The first-order chi connectivity index (χ1) is 10.4. The van der Waals surface area contributed by atoms with Crippen molar-refractivity contribution in [3.05, 3.63) is 42.0 Å². The molecule has 22 heavy (non-hydrogen) atoms. The average Bonchev–Trinajstić information content (AvgIpc) is 2.80. The van der Waals surface area contributed by atoms with Crippen LogP contribution in [0.1, 0.15) is 18.3 Å². The Labute approximate surface area is 129 Å². The molecule has 0 atom stereocenters. The second-order valence-corrected chi connectivity index (χ2v) is 5.26. The number of likely N-dealkylation sites (N-methyl/N-ethyl adjacent to an activating group) is 1. The SMILES string of the molecule is CC(=O)N(C)CC(=O)Nc1ccc(-n2cnc(C)c2C)cc1. The maximum absolute atomic E-state index is 11.8. The quantitative estimate of drug-likeness (QED) is 0.938. The molecule has 0 spiro atoms. The van der Waals surface area contributed by atoms with E-state index >= 15 is 0 Å². The molecule has 0 bridgehead atoms. The zero-order valence-corrected chi connectivity index (χ0v) is 13.3. The minimum atomic E-state index is -0.222. The number of hydrogen-bond acceptors (Lipinski definition) is 3. The molecule has 116 valence electrons. The molecule has 0 aliphatic carbocycles. The molecular weight excluding hydrogens is 280 g/mol. The number of nitrogens with zero attached hydrogens (tertiary/aromatic N) is 3. The molecule has 2 rings (SSSR count). The lowest BCUT2D eigenvalue weighted by molar-refractivity contribution is -0.131. The number of rotatable bonds is 4. The van der Waals surface area contributed by atoms with Gasteiger partial charge in [0, 0.05) is 31.0 Å². The Balaban J connectivity index is 2.05. The average molecular weight is 300 g/mol. The number of amides is 2. The molecule has 0 unspecified atom stereocenters. The van der Waals surface area contributed by atoms with Crippen LogP contribution in [-0.4, -0.2) is 39.9 Å². The van der Waals surface area contributed by atoms with Crippen LogP contribution in [0.3, 0.4) is 0 Å². The molecule has 0 saturated carbocycles. The van der Waals surface area contributed by atoms with Gasteiger partial charge in [0.1, 0.15) is 0 Å². The summed E-state index contributed by atoms with van der Waals surface area (Å²) >= 11 is 0. The van der Waals surface area contributed by atoms with Crippen LogP contribution < -0.4 is 5.32 Å². The van der Waals surface area contributed by atoms with Gasteiger partial charge < -0.3 is 14.8 Å². The number of aromatic nitrogens is 2. The third kappa shape index (κ3) is 3.52. The van der Waals surface area contributed by atoms with Crippen molar-refractivity contribution in [3.63, 3.8) is 0 Å². The van der Waals surface area contributed by atoms with Gasteiger partial charge in [-0.1, -0.05) is 0 Å². The highest BCUT2D eigenvalue weighted by Crippen LogP contribution is 2.16. The van der Waals surface area contributed by atoms with Crippen molar-refractivity contribution < 1.29 is 9.59 Å². The Hall–Kier alpha value is -2.63. The number of carbonyl (C=O) groups is 2. The van der Waals surface area contributed by atoms with Crippen molar-refractivity contribution >= 4 is 17.5 Å². The van der Waals surface area contributed by atoms with E-state index in [4.69, 9.17) is 0 Å². The number of benzene rings is 1. The van der Waals surface area contributed by atoms with E-state index in [-0.39, 0.29) is 18.4 Å². The molecule has 2 amide bonds. The normalized spacial score (nSPS) is 10.4. The van der Waals surface area contributed by atoms with Gasteiger partial charge in [-0.3, -0.25) is 9.59 Å². The van der Waals surface area contributed by atoms with Crippen LogP contribution in [0.2, 0.25) is 0 Å². The van der Waals surface area contributed by atoms with Crippen LogP contribution in [0.5, 0.6) is 0 Å². The van der Waals surface area contributed by atoms with Gasteiger partial charge in [0.25, 0.3) is 0 Å². The van der Waals surface area contributed by atoms with E-state index in [0.717, 1.165) is 17.1 Å². The monoisotopic (exact) mass is 300 g/mol. The van der Waals surface area contributed by atoms with Gasteiger partial charge in [0.15, 0.2) is 0 Å². The first-order valence-electron chi connectivity index (χ1n) is 7.01. The first-order valence-corrected chi connectivity index (χ1v) is 7.01. The summed E-state index contributed by atoms with van der Waals surface area (Å²) in [5.74, 6) is -0.364. The van der Waals surface area contributed by atoms with E-state index in [2.05, 4.69) is 10.3 Å². The molecule has 1 heterocycles. The number of nitrogens with one attached hydrogen (secondary N) is 1. The Morgan fingerprint density at radius 3 is 2.36 bits per heavy atom. The van der Waals surface area contributed by atoms with Gasteiger partial charge in [0.2, 0.25) is 11.8 Å². The molecule has 0 radical (unpaired) electrons. The lowest BCUT2D eigenvalue weighted by atomic mass is 10.2. The zero-order valence-electron chi connectivity index (χ0n) is 13.3. The molecule has 0 saturated heterocycles. The predicted octanol–water partition coefficient (Wildman–Crippen LogP) is 1.91. The zero-order chi connectivity index (χ0) is 16.3. The molecule has 1 N–H and O–H groups in total. The molecule has 1 aromatic heterocycles. The maximum Gasteiger partial charge on any atom is 0.243 e. The predicted molar refractivity (Wildman–Crippen MR) is 85.0 cm³/mol. The minimum absolute atomic E-state index is 0.0386. The molecule has 1 aromatic carbocycles. The summed E-state index contributed by atoms with van der Waals surface area (Å²) in [5.41, 5.74) is 3.75. The van der Waals surface area contributed by atoms with Gasteiger partial charge >= 0.3 is 0 Å². The van der Waals surface area contributed by atoms with Crippen LogP contribution in [-0.2, 0) is 9.59 Å². The van der Waals surface area contributed by atoms with E-state index in [0.29, 0.717) is 5.69 Å². The molecule has 0 aliphatic heterocycles.